The van der Waals surface area contributed by atoms with Gasteiger partial charge in [0.05, 0.1) is 20.8 Å². The summed E-state index contributed by atoms with van der Waals surface area (Å²) >= 11 is 1.50. The van der Waals surface area contributed by atoms with Crippen molar-refractivity contribution in [1.29, 1.82) is 0 Å². The van der Waals surface area contributed by atoms with E-state index in [9.17, 15) is 14.4 Å². The highest BCUT2D eigenvalue weighted by atomic mass is 32.1. The van der Waals surface area contributed by atoms with Gasteiger partial charge in [-0.05, 0) is 24.3 Å². The fourth-order valence-corrected chi connectivity index (χ4v) is 3.90. The molecule has 0 atom stereocenters. The molecule has 6 nitrogen and oxygen atoms in total. The third-order valence-electron chi connectivity index (χ3n) is 4.51. The molecule has 1 amide bonds. The topological polar surface area (TPSA) is 81.7 Å². The fraction of sp³-hybridized carbons (Fsp3) is 0.227. The minimum atomic E-state index is -0.341. The van der Waals surface area contributed by atoms with Gasteiger partial charge in [0.15, 0.2) is 23.1 Å². The SMILES string of the molecule is COc1ccc(C(=O)CCC(=O)NCC(=O)c2csc3ccccc23)cc1OC. The summed E-state index contributed by atoms with van der Waals surface area (Å²) in [5.41, 5.74) is 1.04. The van der Waals surface area contributed by atoms with Crippen LogP contribution in [0.1, 0.15) is 33.6 Å². The van der Waals surface area contributed by atoms with Crippen LogP contribution in [0.3, 0.4) is 0 Å². The van der Waals surface area contributed by atoms with Gasteiger partial charge in [-0.2, -0.15) is 0 Å². The molecule has 2 aromatic carbocycles. The number of carbonyl (C=O) groups excluding carboxylic acids is 3. The van der Waals surface area contributed by atoms with Crippen molar-refractivity contribution in [3.8, 4) is 11.5 Å². The minimum absolute atomic E-state index is 0.00480. The summed E-state index contributed by atoms with van der Waals surface area (Å²) in [6, 6.07) is 12.5. The molecule has 29 heavy (non-hydrogen) atoms. The molecule has 0 unspecified atom stereocenters. The molecule has 0 fully saturated rings. The molecule has 1 heterocycles. The molecule has 3 aromatic rings. The first-order valence-electron chi connectivity index (χ1n) is 9.05. The molecule has 0 bridgehead atoms. The Morgan fingerprint density at radius 3 is 2.45 bits per heavy atom. The summed E-state index contributed by atoms with van der Waals surface area (Å²) in [6.07, 6.45) is 0.0434. The molecule has 0 spiro atoms. The quantitative estimate of drug-likeness (QED) is 0.541. The normalized spacial score (nSPS) is 10.6. The second-order valence-corrected chi connectivity index (χ2v) is 7.25. The number of methoxy groups -OCH3 is 2. The van der Waals surface area contributed by atoms with Crippen molar-refractivity contribution in [2.24, 2.45) is 0 Å². The van der Waals surface area contributed by atoms with Crippen molar-refractivity contribution in [2.45, 2.75) is 12.8 Å². The number of hydrogen-bond acceptors (Lipinski definition) is 6. The lowest BCUT2D eigenvalue weighted by Crippen LogP contribution is -2.29. The number of fused-ring (bicyclic) bond motifs is 1. The predicted molar refractivity (Wildman–Crippen MR) is 112 cm³/mol. The van der Waals surface area contributed by atoms with Crippen LogP contribution in [0.25, 0.3) is 10.1 Å². The lowest BCUT2D eigenvalue weighted by Gasteiger charge is -2.09. The summed E-state index contributed by atoms with van der Waals surface area (Å²) < 4.78 is 11.4. The number of ether oxygens (including phenoxy) is 2. The number of nitrogens with one attached hydrogen (secondary N) is 1. The van der Waals surface area contributed by atoms with E-state index in [0.717, 1.165) is 10.1 Å². The van der Waals surface area contributed by atoms with Gasteiger partial charge in [-0.1, -0.05) is 18.2 Å². The average Bonchev–Trinajstić information content (AvgIpc) is 3.19. The third-order valence-corrected chi connectivity index (χ3v) is 5.48. The Bertz CT molecular complexity index is 1060. The fourth-order valence-electron chi connectivity index (χ4n) is 2.94. The Morgan fingerprint density at radius 1 is 0.931 bits per heavy atom. The third kappa shape index (κ3) is 4.81. The molecule has 0 aliphatic rings. The number of amides is 1. The Balaban J connectivity index is 1.52. The molecule has 3 rings (SSSR count). The molecule has 0 saturated heterocycles. The van der Waals surface area contributed by atoms with Crippen LogP contribution in [-0.4, -0.2) is 38.2 Å². The van der Waals surface area contributed by atoms with Gasteiger partial charge in [0, 0.05) is 39.4 Å². The zero-order chi connectivity index (χ0) is 20.8. The van der Waals surface area contributed by atoms with Gasteiger partial charge in [0.1, 0.15) is 0 Å². The van der Waals surface area contributed by atoms with Crippen LogP contribution in [0.2, 0.25) is 0 Å². The number of rotatable bonds is 9. The van der Waals surface area contributed by atoms with Crippen molar-refractivity contribution >= 4 is 38.9 Å². The average molecular weight is 411 g/mol. The van der Waals surface area contributed by atoms with Gasteiger partial charge in [0.2, 0.25) is 5.91 Å². The molecule has 1 N–H and O–H groups in total. The molecule has 1 aromatic heterocycles. The zero-order valence-electron chi connectivity index (χ0n) is 16.2. The molecule has 0 radical (unpaired) electrons. The van der Waals surface area contributed by atoms with Crippen molar-refractivity contribution in [3.63, 3.8) is 0 Å². The van der Waals surface area contributed by atoms with E-state index in [2.05, 4.69) is 5.32 Å². The number of benzene rings is 2. The van der Waals surface area contributed by atoms with Gasteiger partial charge in [0.25, 0.3) is 0 Å². The van der Waals surface area contributed by atoms with Crippen LogP contribution in [0.4, 0.5) is 0 Å². The minimum Gasteiger partial charge on any atom is -0.493 e. The summed E-state index contributed by atoms with van der Waals surface area (Å²) in [7, 11) is 3.01. The van der Waals surface area contributed by atoms with Crippen LogP contribution in [0, 0.1) is 0 Å². The highest BCUT2D eigenvalue weighted by Gasteiger charge is 2.15. The van der Waals surface area contributed by atoms with Gasteiger partial charge in [-0.3, -0.25) is 14.4 Å². The maximum absolute atomic E-state index is 12.4. The molecular formula is C22H21NO5S. The predicted octanol–water partition coefficient (Wildman–Crippen LogP) is 3.88. The van der Waals surface area contributed by atoms with Gasteiger partial charge in [-0.25, -0.2) is 0 Å². The number of carbonyl (C=O) groups is 3. The first-order valence-corrected chi connectivity index (χ1v) is 9.92. The smallest absolute Gasteiger partial charge is 0.220 e. The lowest BCUT2D eigenvalue weighted by atomic mass is 10.1. The highest BCUT2D eigenvalue weighted by molar-refractivity contribution is 7.17. The second kappa shape index (κ2) is 9.34. The molecule has 7 heteroatoms. The van der Waals surface area contributed by atoms with Crippen molar-refractivity contribution in [1.82, 2.24) is 5.32 Å². The largest absolute Gasteiger partial charge is 0.493 e. The summed E-state index contributed by atoms with van der Waals surface area (Å²) in [5.74, 6) is 0.308. The van der Waals surface area contributed by atoms with E-state index >= 15 is 0 Å². The Morgan fingerprint density at radius 2 is 1.69 bits per heavy atom. The number of thiophene rings is 1. The Labute approximate surface area is 172 Å². The second-order valence-electron chi connectivity index (χ2n) is 6.34. The van der Waals surface area contributed by atoms with Crippen molar-refractivity contribution in [2.75, 3.05) is 20.8 Å². The van der Waals surface area contributed by atoms with Crippen molar-refractivity contribution in [3.05, 3.63) is 59.0 Å². The van der Waals surface area contributed by atoms with Crippen LogP contribution in [0.15, 0.2) is 47.8 Å². The van der Waals surface area contributed by atoms with E-state index in [1.807, 2.05) is 24.3 Å². The first kappa shape index (κ1) is 20.5. The van der Waals surface area contributed by atoms with Gasteiger partial charge < -0.3 is 14.8 Å². The zero-order valence-corrected chi connectivity index (χ0v) is 17.0. The highest BCUT2D eigenvalue weighted by Crippen LogP contribution is 2.28. The van der Waals surface area contributed by atoms with E-state index in [0.29, 0.717) is 22.6 Å². The van der Waals surface area contributed by atoms with Gasteiger partial charge >= 0.3 is 0 Å². The van der Waals surface area contributed by atoms with Crippen LogP contribution in [0.5, 0.6) is 11.5 Å². The van der Waals surface area contributed by atoms with E-state index < -0.39 is 0 Å². The molecule has 0 saturated carbocycles. The maximum Gasteiger partial charge on any atom is 0.220 e. The summed E-state index contributed by atoms with van der Waals surface area (Å²) in [5, 5.41) is 5.30. The van der Waals surface area contributed by atoms with Crippen LogP contribution in [-0.2, 0) is 4.79 Å². The van der Waals surface area contributed by atoms with E-state index in [1.54, 1.807) is 23.6 Å². The number of Topliss-reactive ketones (excluding diaryl/α,β-unsaturated/α-hetero) is 2. The van der Waals surface area contributed by atoms with Gasteiger partial charge in [-0.15, -0.1) is 11.3 Å². The van der Waals surface area contributed by atoms with E-state index in [-0.39, 0.29) is 36.9 Å². The van der Waals surface area contributed by atoms with Crippen LogP contribution >= 0.6 is 11.3 Å². The Kier molecular flexibility index (Phi) is 6.61. The molecular weight excluding hydrogens is 390 g/mol. The maximum atomic E-state index is 12.4. The van der Waals surface area contributed by atoms with Crippen LogP contribution < -0.4 is 14.8 Å². The number of hydrogen-bond donors (Lipinski definition) is 1. The van der Waals surface area contributed by atoms with E-state index in [4.69, 9.17) is 9.47 Å². The monoisotopic (exact) mass is 411 g/mol. The molecule has 0 aliphatic carbocycles. The van der Waals surface area contributed by atoms with E-state index in [1.165, 1.54) is 25.6 Å². The number of ketones is 2. The molecule has 0 aliphatic heterocycles. The lowest BCUT2D eigenvalue weighted by molar-refractivity contribution is -0.120. The standard InChI is InChI=1S/C22H21NO5S/c1-27-19-9-7-14(11-20(19)28-2)17(24)8-10-22(26)23-12-18(25)16-13-29-21-6-4-3-5-15(16)21/h3-7,9,11,13H,8,10,12H2,1-2H3,(H,23,26). The first-order chi connectivity index (χ1) is 14.0. The summed E-state index contributed by atoms with van der Waals surface area (Å²) in [4.78, 5) is 36.8. The van der Waals surface area contributed by atoms with Crippen molar-refractivity contribution < 1.29 is 23.9 Å². The molecule has 150 valence electrons. The Hall–Kier alpha value is -3.19. The summed E-state index contributed by atoms with van der Waals surface area (Å²) in [6.45, 7) is -0.0931.